The normalized spacial score (nSPS) is 10.5. The summed E-state index contributed by atoms with van der Waals surface area (Å²) in [5.41, 5.74) is 2.01. The van der Waals surface area contributed by atoms with Crippen molar-refractivity contribution in [3.63, 3.8) is 0 Å². The highest BCUT2D eigenvalue weighted by Crippen LogP contribution is 2.21. The topological polar surface area (TPSA) is 76.5 Å². The first kappa shape index (κ1) is 20.6. The van der Waals surface area contributed by atoms with E-state index in [-0.39, 0.29) is 18.4 Å². The number of anilines is 1. The Kier molecular flexibility index (Phi) is 6.33. The summed E-state index contributed by atoms with van der Waals surface area (Å²) in [6.07, 6.45) is 0. The Morgan fingerprint density at radius 2 is 1.90 bits per heavy atom. The van der Waals surface area contributed by atoms with E-state index in [4.69, 9.17) is 4.74 Å². The molecule has 0 spiro atoms. The molecule has 1 heterocycles. The van der Waals surface area contributed by atoms with Crippen molar-refractivity contribution < 1.29 is 14.3 Å². The minimum absolute atomic E-state index is 0.0904. The fourth-order valence-electron chi connectivity index (χ4n) is 2.58. The molecule has 0 saturated carbocycles. The van der Waals surface area contributed by atoms with E-state index in [1.165, 1.54) is 4.90 Å². The molecule has 0 radical (unpaired) electrons. The lowest BCUT2D eigenvalue weighted by molar-refractivity contribution is -0.130. The number of ether oxygens (including phenoxy) is 1. The number of rotatable bonds is 6. The van der Waals surface area contributed by atoms with Crippen LogP contribution >= 0.6 is 15.9 Å². The maximum Gasteiger partial charge on any atom is 0.259 e. The van der Waals surface area contributed by atoms with E-state index in [0.29, 0.717) is 17.1 Å². The fourth-order valence-corrected chi connectivity index (χ4v) is 2.97. The number of nitrogens with one attached hydrogen (secondary N) is 1. The number of likely N-dealkylation sites (N-methyl/N-ethyl adjacent to an activating group) is 1. The van der Waals surface area contributed by atoms with Crippen molar-refractivity contribution in [2.24, 2.45) is 0 Å². The van der Waals surface area contributed by atoms with Crippen molar-refractivity contribution in [2.75, 3.05) is 26.0 Å². The number of nitrogens with zero attached hydrogens (tertiary/aromatic N) is 3. The second kappa shape index (κ2) is 8.91. The quantitative estimate of drug-likeness (QED) is 0.613. The second-order valence-corrected chi connectivity index (χ2v) is 7.54. The van der Waals surface area contributed by atoms with E-state index in [2.05, 4.69) is 26.3 Å². The molecule has 3 rings (SSSR count). The molecule has 2 aromatic carbocycles. The maximum atomic E-state index is 12.8. The Morgan fingerprint density at radius 1 is 1.14 bits per heavy atom. The van der Waals surface area contributed by atoms with Gasteiger partial charge in [-0.3, -0.25) is 9.59 Å². The third-order valence-corrected chi connectivity index (χ3v) is 4.58. The Hall–Kier alpha value is -3.13. The van der Waals surface area contributed by atoms with Gasteiger partial charge in [-0.15, -0.1) is 0 Å². The minimum Gasteiger partial charge on any atom is -0.484 e. The van der Waals surface area contributed by atoms with Crippen molar-refractivity contribution in [3.8, 4) is 11.4 Å². The smallest absolute Gasteiger partial charge is 0.259 e. The van der Waals surface area contributed by atoms with E-state index in [0.717, 1.165) is 15.9 Å². The first-order valence-electron chi connectivity index (χ1n) is 8.90. The predicted octanol–water partition coefficient (Wildman–Crippen LogP) is 3.66. The summed E-state index contributed by atoms with van der Waals surface area (Å²) < 4.78 is 8.08. The SMILES string of the molecule is Cc1cc(NC(=O)c2cccc(OCC(=O)N(C)C)c2)n(-c2cccc(Br)c2)n1. The van der Waals surface area contributed by atoms with Crippen LogP contribution in [0.2, 0.25) is 0 Å². The van der Waals surface area contributed by atoms with Crippen molar-refractivity contribution in [1.29, 1.82) is 0 Å². The van der Waals surface area contributed by atoms with Crippen molar-refractivity contribution in [2.45, 2.75) is 6.92 Å². The third-order valence-electron chi connectivity index (χ3n) is 4.08. The van der Waals surface area contributed by atoms with E-state index in [9.17, 15) is 9.59 Å². The largest absolute Gasteiger partial charge is 0.484 e. The van der Waals surface area contributed by atoms with Crippen molar-refractivity contribution >= 4 is 33.6 Å². The van der Waals surface area contributed by atoms with Gasteiger partial charge in [0.2, 0.25) is 0 Å². The number of hydrogen-bond donors (Lipinski definition) is 1. The summed E-state index contributed by atoms with van der Waals surface area (Å²) in [5.74, 6) is 0.544. The van der Waals surface area contributed by atoms with Gasteiger partial charge in [0, 0.05) is 30.2 Å². The van der Waals surface area contributed by atoms with Crippen LogP contribution < -0.4 is 10.1 Å². The van der Waals surface area contributed by atoms with Crippen LogP contribution in [0.4, 0.5) is 5.82 Å². The number of carbonyl (C=O) groups excluding carboxylic acids is 2. The molecule has 7 nitrogen and oxygen atoms in total. The molecule has 0 aliphatic heterocycles. The molecule has 1 N–H and O–H groups in total. The molecule has 2 amide bonds. The molecule has 0 fully saturated rings. The molecule has 0 atom stereocenters. The Labute approximate surface area is 177 Å². The van der Waals surface area contributed by atoms with Crippen LogP contribution in [0, 0.1) is 6.92 Å². The summed E-state index contributed by atoms with van der Waals surface area (Å²) in [6, 6.07) is 16.1. The number of aromatic nitrogens is 2. The van der Waals surface area contributed by atoms with E-state index < -0.39 is 0 Å². The minimum atomic E-state index is -0.300. The van der Waals surface area contributed by atoms with Gasteiger partial charge in [-0.1, -0.05) is 28.1 Å². The van der Waals surface area contributed by atoms with E-state index in [1.807, 2.05) is 31.2 Å². The van der Waals surface area contributed by atoms with Crippen LogP contribution in [-0.2, 0) is 4.79 Å². The molecule has 150 valence electrons. The fraction of sp³-hybridized carbons (Fsp3) is 0.190. The first-order chi connectivity index (χ1) is 13.8. The van der Waals surface area contributed by atoms with Crippen LogP contribution in [0.3, 0.4) is 0 Å². The highest BCUT2D eigenvalue weighted by Gasteiger charge is 2.14. The average molecular weight is 457 g/mol. The maximum absolute atomic E-state index is 12.8. The van der Waals surface area contributed by atoms with Gasteiger partial charge < -0.3 is 15.0 Å². The summed E-state index contributed by atoms with van der Waals surface area (Å²) in [7, 11) is 3.32. The predicted molar refractivity (Wildman–Crippen MR) is 115 cm³/mol. The Bertz CT molecular complexity index is 1050. The number of aryl methyl sites for hydroxylation is 1. The zero-order valence-corrected chi connectivity index (χ0v) is 17.9. The number of amides is 2. The standard InChI is InChI=1S/C21H21BrN4O3/c1-14-10-19(26(24-14)17-8-5-7-16(22)12-17)23-21(28)15-6-4-9-18(11-15)29-13-20(27)25(2)3/h4-12H,13H2,1-3H3,(H,23,28). The molecule has 1 aromatic heterocycles. The first-order valence-corrected chi connectivity index (χ1v) is 9.70. The lowest BCUT2D eigenvalue weighted by Crippen LogP contribution is -2.27. The van der Waals surface area contributed by atoms with Crippen molar-refractivity contribution in [3.05, 3.63) is 70.3 Å². The summed E-state index contributed by atoms with van der Waals surface area (Å²) in [5, 5.41) is 7.36. The third kappa shape index (κ3) is 5.23. The molecule has 0 saturated heterocycles. The van der Waals surface area contributed by atoms with Gasteiger partial charge in [-0.05, 0) is 43.3 Å². The molecule has 8 heteroatoms. The molecule has 29 heavy (non-hydrogen) atoms. The summed E-state index contributed by atoms with van der Waals surface area (Å²) in [4.78, 5) is 25.9. The van der Waals surface area contributed by atoms with Gasteiger partial charge in [0.05, 0.1) is 11.4 Å². The van der Waals surface area contributed by atoms with Crippen LogP contribution in [0.5, 0.6) is 5.75 Å². The highest BCUT2D eigenvalue weighted by atomic mass is 79.9. The van der Waals surface area contributed by atoms with E-state index >= 15 is 0 Å². The van der Waals surface area contributed by atoms with Crippen LogP contribution in [0.1, 0.15) is 16.1 Å². The molecular formula is C21H21BrN4O3. The van der Waals surface area contributed by atoms with E-state index in [1.54, 1.807) is 49.1 Å². The van der Waals surface area contributed by atoms with Gasteiger partial charge in [-0.25, -0.2) is 4.68 Å². The van der Waals surface area contributed by atoms with Crippen LogP contribution in [0.15, 0.2) is 59.1 Å². The Morgan fingerprint density at radius 3 is 2.62 bits per heavy atom. The van der Waals surface area contributed by atoms with Gasteiger partial charge >= 0.3 is 0 Å². The molecule has 3 aromatic rings. The summed E-state index contributed by atoms with van der Waals surface area (Å²) in [6.45, 7) is 1.77. The molecule has 0 unspecified atom stereocenters. The number of halogens is 1. The lowest BCUT2D eigenvalue weighted by Gasteiger charge is -2.12. The Balaban J connectivity index is 1.78. The molecule has 0 aliphatic rings. The van der Waals surface area contributed by atoms with Gasteiger partial charge in [0.15, 0.2) is 6.61 Å². The average Bonchev–Trinajstić information content (AvgIpc) is 3.06. The molecule has 0 aliphatic carbocycles. The zero-order chi connectivity index (χ0) is 21.0. The van der Waals surface area contributed by atoms with Gasteiger partial charge in [-0.2, -0.15) is 5.10 Å². The zero-order valence-electron chi connectivity index (χ0n) is 16.3. The van der Waals surface area contributed by atoms with Crippen molar-refractivity contribution in [1.82, 2.24) is 14.7 Å². The molecule has 0 bridgehead atoms. The highest BCUT2D eigenvalue weighted by molar-refractivity contribution is 9.10. The monoisotopic (exact) mass is 456 g/mol. The van der Waals surface area contributed by atoms with Gasteiger partial charge in [0.25, 0.3) is 11.8 Å². The lowest BCUT2D eigenvalue weighted by atomic mass is 10.2. The van der Waals surface area contributed by atoms with Crippen LogP contribution in [0.25, 0.3) is 5.69 Å². The number of benzene rings is 2. The number of hydrogen-bond acceptors (Lipinski definition) is 4. The number of carbonyl (C=O) groups is 2. The summed E-state index contributed by atoms with van der Waals surface area (Å²) >= 11 is 3.45. The van der Waals surface area contributed by atoms with Gasteiger partial charge in [0.1, 0.15) is 11.6 Å². The molecular weight excluding hydrogens is 436 g/mol. The van der Waals surface area contributed by atoms with Crippen LogP contribution in [-0.4, -0.2) is 47.2 Å². The second-order valence-electron chi connectivity index (χ2n) is 6.62.